The number of fused-ring (bicyclic) bond motifs is 3. The smallest absolute Gasteiger partial charge is 0.252 e. The van der Waals surface area contributed by atoms with E-state index < -0.39 is 0 Å². The molecule has 4 aliphatic carbocycles. The Morgan fingerprint density at radius 1 is 0.898 bits per heavy atom. The molecule has 1 spiro atoms. The van der Waals surface area contributed by atoms with Gasteiger partial charge in [-0.05, 0) is 146 Å². The van der Waals surface area contributed by atoms with Crippen molar-refractivity contribution >= 4 is 23.4 Å². The van der Waals surface area contributed by atoms with E-state index in [4.69, 9.17) is 14.5 Å². The zero-order valence-electron chi connectivity index (χ0n) is 36.9. The number of aliphatic imine (C=N–C) groups is 1. The number of methoxy groups -OCH3 is 1. The average molecular weight is 836 g/mol. The van der Waals surface area contributed by atoms with Crippen molar-refractivity contribution < 1.29 is 14.3 Å². The van der Waals surface area contributed by atoms with Gasteiger partial charge < -0.3 is 14.8 Å². The van der Waals surface area contributed by atoms with Crippen LogP contribution >= 0.6 is 11.8 Å². The Kier molecular flexibility index (Phi) is 13.4. The van der Waals surface area contributed by atoms with E-state index in [1.165, 1.54) is 70.9 Å². The third kappa shape index (κ3) is 8.93. The molecule has 4 saturated heterocycles. The number of carbonyl (C=O) groups excluding carboxylic acids is 1. The fourth-order valence-electron chi connectivity index (χ4n) is 13.7. The van der Waals surface area contributed by atoms with Crippen molar-refractivity contribution in [3.05, 3.63) is 0 Å². The third-order valence-corrected chi connectivity index (χ3v) is 19.2. The van der Waals surface area contributed by atoms with Gasteiger partial charge in [-0.1, -0.05) is 13.8 Å². The molecular formula is C46H77N9O3S. The number of ether oxygens (including phenoxy) is 2. The van der Waals surface area contributed by atoms with Crippen molar-refractivity contribution in [1.82, 2.24) is 36.6 Å². The van der Waals surface area contributed by atoms with Gasteiger partial charge in [-0.25, -0.2) is 10.9 Å². The fraction of sp³-hybridized carbons (Fsp3) is 0.935. The van der Waals surface area contributed by atoms with Gasteiger partial charge in [0.2, 0.25) is 0 Å². The third-order valence-electron chi connectivity index (χ3n) is 17.5. The molecule has 4 saturated carbocycles. The molecule has 10 atom stereocenters. The van der Waals surface area contributed by atoms with Crippen LogP contribution in [0.5, 0.6) is 0 Å². The Labute approximate surface area is 359 Å². The molecule has 59 heavy (non-hydrogen) atoms. The van der Waals surface area contributed by atoms with Gasteiger partial charge in [0, 0.05) is 62.1 Å². The summed E-state index contributed by atoms with van der Waals surface area (Å²) in [5, 5.41) is 21.1. The Balaban J connectivity index is 0.685. The molecule has 330 valence electrons. The van der Waals surface area contributed by atoms with Gasteiger partial charge in [0.15, 0.2) is 0 Å². The average Bonchev–Trinajstić information content (AvgIpc) is 3.92. The van der Waals surface area contributed by atoms with E-state index in [2.05, 4.69) is 82.1 Å². The molecule has 0 aromatic rings. The molecule has 5 aliphatic heterocycles. The molecule has 8 fully saturated rings. The van der Waals surface area contributed by atoms with E-state index in [-0.39, 0.29) is 54.6 Å². The second-order valence-electron chi connectivity index (χ2n) is 20.9. The van der Waals surface area contributed by atoms with Crippen LogP contribution in [-0.4, -0.2) is 120 Å². The Hall–Kier alpha value is -1.34. The summed E-state index contributed by atoms with van der Waals surface area (Å²) in [6.45, 7) is 13.8. The molecule has 12 nitrogen and oxygen atoms in total. The van der Waals surface area contributed by atoms with Gasteiger partial charge >= 0.3 is 0 Å². The summed E-state index contributed by atoms with van der Waals surface area (Å²) in [4.78, 5) is 24.4. The van der Waals surface area contributed by atoms with Crippen LogP contribution in [0.1, 0.15) is 130 Å². The summed E-state index contributed by atoms with van der Waals surface area (Å²) in [7, 11) is 1.70. The highest BCUT2D eigenvalue weighted by Crippen LogP contribution is 2.53. The first-order valence-electron chi connectivity index (χ1n) is 24.2. The summed E-state index contributed by atoms with van der Waals surface area (Å²) in [5.41, 5.74) is 9.21. The van der Waals surface area contributed by atoms with Gasteiger partial charge in [-0.15, -0.1) is 11.8 Å². The van der Waals surface area contributed by atoms with Crippen molar-refractivity contribution in [2.45, 2.75) is 196 Å². The van der Waals surface area contributed by atoms with Crippen LogP contribution in [0.25, 0.3) is 0 Å². The normalized spacial score (nSPS) is 48.5. The molecule has 0 aromatic heterocycles. The molecule has 5 N–H and O–H groups in total. The number of nitrogens with zero attached hydrogens (tertiary/aromatic N) is 4. The maximum absolute atomic E-state index is 13.3. The van der Waals surface area contributed by atoms with E-state index in [0.717, 1.165) is 69.9 Å². The van der Waals surface area contributed by atoms with E-state index in [1.54, 1.807) is 12.8 Å². The first kappa shape index (κ1) is 42.9. The maximum atomic E-state index is 13.3. The lowest BCUT2D eigenvalue weighted by atomic mass is 9.63. The van der Waals surface area contributed by atoms with E-state index in [0.29, 0.717) is 46.0 Å². The van der Waals surface area contributed by atoms with E-state index in [1.807, 2.05) is 0 Å². The Bertz CT molecular complexity index is 1510. The monoisotopic (exact) mass is 836 g/mol. The quantitative estimate of drug-likeness (QED) is 0.217. The zero-order valence-corrected chi connectivity index (χ0v) is 37.7. The van der Waals surface area contributed by atoms with E-state index in [9.17, 15) is 10.1 Å². The number of nitrogens with one attached hydrogen (secondary N) is 5. The second-order valence-corrected chi connectivity index (χ2v) is 22.4. The van der Waals surface area contributed by atoms with Crippen molar-refractivity contribution in [2.75, 3.05) is 33.3 Å². The van der Waals surface area contributed by atoms with Gasteiger partial charge in [0.05, 0.1) is 54.0 Å². The number of likely N-dealkylation sites (tertiary alicyclic amines) is 1. The second kappa shape index (κ2) is 18.4. The number of rotatable bonds is 8. The lowest BCUT2D eigenvalue weighted by Crippen LogP contribution is -2.65. The molecule has 9 rings (SSSR count). The number of thioether (sulfide) groups is 1. The molecular weight excluding hydrogens is 759 g/mol. The maximum Gasteiger partial charge on any atom is 0.252 e. The van der Waals surface area contributed by atoms with E-state index >= 15 is 0 Å². The van der Waals surface area contributed by atoms with Gasteiger partial charge in [0.1, 0.15) is 6.17 Å². The minimum Gasteiger partial charge on any atom is -0.380 e. The molecule has 0 radical (unpaired) electrons. The molecule has 13 heteroatoms. The van der Waals surface area contributed by atoms with Crippen molar-refractivity contribution in [1.29, 1.82) is 5.26 Å². The summed E-state index contributed by atoms with van der Waals surface area (Å²) < 4.78 is 12.1. The Morgan fingerprint density at radius 2 is 1.61 bits per heavy atom. The summed E-state index contributed by atoms with van der Waals surface area (Å²) in [5.74, 6) is 3.77. The SMILES string of the molecule is COC1CC(OC2CCC(NC(=O)C3NCC(N4CCC5(CCC(C6CCC(C7=N[C@@H](C)C8NNC(C)N8C8SC(C)C(C)C78)CC6)CC5)C4)CN3)CC2)CCC1C#N. The number of nitriles is 1. The molecule has 0 aromatic carbocycles. The highest BCUT2D eigenvalue weighted by atomic mass is 32.2. The van der Waals surface area contributed by atoms with Crippen molar-refractivity contribution in [2.24, 2.45) is 45.9 Å². The predicted molar refractivity (Wildman–Crippen MR) is 234 cm³/mol. The molecule has 9 unspecified atom stereocenters. The van der Waals surface area contributed by atoms with Crippen LogP contribution in [0, 0.1) is 52.3 Å². The highest BCUT2D eigenvalue weighted by molar-refractivity contribution is 8.00. The number of hydrazine groups is 1. The molecule has 1 amide bonds. The standard InChI is InChI=1S/C46H77N9O3S/c1-27-29(3)59-45-40(27)41(50-28(2)43-53-52-30(4)55(43)45)33-8-6-31(7-9-33)32-16-18-46(19-17-32)20-21-54(26-46)36-24-48-42(49-25-36)44(56)51-35-11-14-37(15-12-35)58-38-13-10-34(23-47)39(22-38)57-5/h27-40,42-43,45,48-49,52-53H,6-22,24-26H2,1-5H3,(H,51,56)/t27?,28-,29?,30?,31?,32?,33?,34?,35?,36?,37?,38?,39?,40?,42?,43?,45?,46?/m0/s1. The van der Waals surface area contributed by atoms with Crippen LogP contribution in [0.15, 0.2) is 4.99 Å². The first-order chi connectivity index (χ1) is 28.6. The minimum atomic E-state index is -0.317. The summed E-state index contributed by atoms with van der Waals surface area (Å²) in [6, 6.07) is 3.33. The predicted octanol–water partition coefficient (Wildman–Crippen LogP) is 5.35. The first-order valence-corrected chi connectivity index (χ1v) is 25.2. The number of carbonyl (C=O) groups is 1. The molecule has 5 heterocycles. The van der Waals surface area contributed by atoms with Gasteiger partial charge in [-0.3, -0.25) is 30.2 Å². The number of hydrogen-bond acceptors (Lipinski definition) is 12. The van der Waals surface area contributed by atoms with Crippen LogP contribution in [0.2, 0.25) is 0 Å². The topological polar surface area (TPSA) is 138 Å². The fourth-order valence-corrected chi connectivity index (χ4v) is 15.6. The van der Waals surface area contributed by atoms with Crippen LogP contribution in [-0.2, 0) is 14.3 Å². The van der Waals surface area contributed by atoms with Gasteiger partial charge in [0.25, 0.3) is 5.91 Å². The molecule has 9 aliphatic rings. The van der Waals surface area contributed by atoms with Crippen LogP contribution in [0.4, 0.5) is 0 Å². The van der Waals surface area contributed by atoms with Crippen LogP contribution < -0.4 is 26.8 Å². The number of amides is 1. The largest absolute Gasteiger partial charge is 0.380 e. The summed E-state index contributed by atoms with van der Waals surface area (Å²) in [6.07, 6.45) is 19.5. The molecule has 0 bridgehead atoms. The lowest BCUT2D eigenvalue weighted by molar-refractivity contribution is -0.126. The van der Waals surface area contributed by atoms with Crippen LogP contribution in [0.3, 0.4) is 0 Å². The van der Waals surface area contributed by atoms with Crippen molar-refractivity contribution in [3.8, 4) is 6.07 Å². The van der Waals surface area contributed by atoms with Gasteiger partial charge in [-0.2, -0.15) is 5.26 Å². The van der Waals surface area contributed by atoms with Crippen molar-refractivity contribution in [3.63, 3.8) is 0 Å². The Morgan fingerprint density at radius 3 is 2.32 bits per heavy atom. The highest BCUT2D eigenvalue weighted by Gasteiger charge is 2.54. The summed E-state index contributed by atoms with van der Waals surface area (Å²) >= 11 is 2.20. The number of hydrogen-bond donors (Lipinski definition) is 5. The zero-order chi connectivity index (χ0) is 40.8. The lowest BCUT2D eigenvalue weighted by Gasteiger charge is -2.43. The minimum absolute atomic E-state index is 0.0226.